The summed E-state index contributed by atoms with van der Waals surface area (Å²) < 4.78 is 51.3. The van der Waals surface area contributed by atoms with Crippen LogP contribution in [0, 0.1) is 0 Å². The number of ether oxygens (including phenoxy) is 2. The Hall–Kier alpha value is -1.21. The molecule has 0 aliphatic heterocycles. The number of rotatable bonds is 4. The summed E-state index contributed by atoms with van der Waals surface area (Å²) in [5.41, 5.74) is 0.00228. The van der Waals surface area contributed by atoms with Gasteiger partial charge < -0.3 is 9.47 Å². The van der Waals surface area contributed by atoms with Crippen LogP contribution < -0.4 is 9.47 Å². The highest BCUT2D eigenvalue weighted by Crippen LogP contribution is 2.44. The number of methoxy groups -OCH3 is 1. The first-order valence-corrected chi connectivity index (χ1v) is 8.64. The van der Waals surface area contributed by atoms with Crippen molar-refractivity contribution in [1.29, 1.82) is 0 Å². The van der Waals surface area contributed by atoms with Gasteiger partial charge in [0.2, 0.25) is 0 Å². The van der Waals surface area contributed by atoms with Gasteiger partial charge in [-0.05, 0) is 52.2 Å². The summed E-state index contributed by atoms with van der Waals surface area (Å²) in [4.78, 5) is 0. The van der Waals surface area contributed by atoms with Gasteiger partial charge in [0.1, 0.15) is 17.1 Å². The molecule has 0 spiro atoms. The summed E-state index contributed by atoms with van der Waals surface area (Å²) in [6.07, 6.45) is -4.53. The zero-order valence-corrected chi connectivity index (χ0v) is 16.3. The fourth-order valence-corrected chi connectivity index (χ4v) is 3.53. The molecule has 0 aliphatic carbocycles. The molecule has 0 radical (unpaired) electrons. The first-order chi connectivity index (χ1) is 11.1. The Morgan fingerprint density at radius 3 is 2.25 bits per heavy atom. The van der Waals surface area contributed by atoms with Crippen LogP contribution in [0.25, 0.3) is 0 Å². The van der Waals surface area contributed by atoms with Crippen molar-refractivity contribution >= 4 is 31.9 Å². The lowest BCUT2D eigenvalue weighted by Crippen LogP contribution is -2.08. The zero-order valence-electron chi connectivity index (χ0n) is 13.2. The van der Waals surface area contributed by atoms with Crippen LogP contribution in [0.4, 0.5) is 13.2 Å². The fraction of sp³-hybridized carbons (Fsp3) is 0.294. The minimum Gasteiger partial charge on any atom is -0.496 e. The van der Waals surface area contributed by atoms with Crippen molar-refractivity contribution in [2.24, 2.45) is 0 Å². The molecular formula is C17H15Br2F3O2. The van der Waals surface area contributed by atoms with Crippen LogP contribution in [0.3, 0.4) is 0 Å². The van der Waals surface area contributed by atoms with Gasteiger partial charge in [0.05, 0.1) is 11.6 Å². The largest absolute Gasteiger partial charge is 0.496 e. The highest BCUT2D eigenvalue weighted by atomic mass is 79.9. The first-order valence-electron chi connectivity index (χ1n) is 7.05. The summed E-state index contributed by atoms with van der Waals surface area (Å²) in [6.45, 7) is 3.94. The lowest BCUT2D eigenvalue weighted by atomic mass is 10.0. The number of alkyl halides is 3. The van der Waals surface area contributed by atoms with Gasteiger partial charge in [-0.2, -0.15) is 13.2 Å². The maximum Gasteiger partial charge on any atom is 0.420 e. The molecule has 130 valence electrons. The Labute approximate surface area is 155 Å². The van der Waals surface area contributed by atoms with E-state index in [1.165, 1.54) is 6.07 Å². The second-order valence-electron chi connectivity index (χ2n) is 5.42. The lowest BCUT2D eigenvalue weighted by molar-refractivity contribution is -0.138. The molecule has 0 saturated carbocycles. The molecular weight excluding hydrogens is 453 g/mol. The number of halogens is 5. The maximum absolute atomic E-state index is 13.3. The standard InChI is InChI=1S/C17H15Br2F3O2/c1-9(2)12-8-11(4-5-15(12)23-3)24-16-13(17(20,21)22)6-10(18)7-14(16)19/h4-9H,1-3H3. The third-order valence-corrected chi connectivity index (χ3v) is 4.40. The quantitative estimate of drug-likeness (QED) is 0.475. The molecule has 0 fully saturated rings. The van der Waals surface area contributed by atoms with Crippen molar-refractivity contribution in [3.8, 4) is 17.2 Å². The molecule has 0 saturated heterocycles. The topological polar surface area (TPSA) is 18.5 Å². The van der Waals surface area contributed by atoms with Crippen molar-refractivity contribution in [3.63, 3.8) is 0 Å². The molecule has 0 unspecified atom stereocenters. The number of hydrogen-bond donors (Lipinski definition) is 0. The van der Waals surface area contributed by atoms with Gasteiger partial charge in [0.25, 0.3) is 0 Å². The van der Waals surface area contributed by atoms with Gasteiger partial charge >= 0.3 is 6.18 Å². The smallest absolute Gasteiger partial charge is 0.420 e. The highest BCUT2D eigenvalue weighted by molar-refractivity contribution is 9.11. The Morgan fingerprint density at radius 2 is 1.71 bits per heavy atom. The van der Waals surface area contributed by atoms with Crippen LogP contribution in [0.2, 0.25) is 0 Å². The predicted octanol–water partition coefficient (Wildman–Crippen LogP) is 7.15. The van der Waals surface area contributed by atoms with E-state index in [2.05, 4.69) is 31.9 Å². The van der Waals surface area contributed by atoms with Crippen molar-refractivity contribution in [2.75, 3.05) is 7.11 Å². The van der Waals surface area contributed by atoms with E-state index >= 15 is 0 Å². The zero-order chi connectivity index (χ0) is 18.1. The average molecular weight is 468 g/mol. The Kier molecular flexibility index (Phi) is 5.86. The van der Waals surface area contributed by atoms with Crippen molar-refractivity contribution in [2.45, 2.75) is 25.9 Å². The monoisotopic (exact) mass is 466 g/mol. The van der Waals surface area contributed by atoms with Gasteiger partial charge in [-0.15, -0.1) is 0 Å². The fourth-order valence-electron chi connectivity index (χ4n) is 2.22. The summed E-state index contributed by atoms with van der Waals surface area (Å²) >= 11 is 6.22. The predicted molar refractivity (Wildman–Crippen MR) is 94.0 cm³/mol. The molecule has 0 heterocycles. The van der Waals surface area contributed by atoms with Crippen molar-refractivity contribution in [3.05, 3.63) is 50.4 Å². The van der Waals surface area contributed by atoms with E-state index in [-0.39, 0.29) is 16.1 Å². The molecule has 0 aliphatic rings. The molecule has 2 nitrogen and oxygen atoms in total. The molecule has 7 heteroatoms. The van der Waals surface area contributed by atoms with Gasteiger partial charge in [-0.3, -0.25) is 0 Å². The van der Waals surface area contributed by atoms with Gasteiger partial charge in [0, 0.05) is 10.0 Å². The molecule has 0 N–H and O–H groups in total. The van der Waals surface area contributed by atoms with Gasteiger partial charge in [-0.25, -0.2) is 0 Å². The Morgan fingerprint density at radius 1 is 1.04 bits per heavy atom. The van der Waals surface area contributed by atoms with E-state index in [0.29, 0.717) is 16.0 Å². The van der Waals surface area contributed by atoms with Gasteiger partial charge in [0.15, 0.2) is 5.75 Å². The molecule has 2 aromatic carbocycles. The van der Waals surface area contributed by atoms with E-state index in [1.807, 2.05) is 13.8 Å². The highest BCUT2D eigenvalue weighted by Gasteiger charge is 2.36. The normalized spacial score (nSPS) is 11.7. The molecule has 0 atom stereocenters. The summed E-state index contributed by atoms with van der Waals surface area (Å²) in [6, 6.07) is 7.46. The third-order valence-electron chi connectivity index (χ3n) is 3.36. The van der Waals surface area contributed by atoms with E-state index in [9.17, 15) is 13.2 Å². The van der Waals surface area contributed by atoms with Crippen molar-refractivity contribution in [1.82, 2.24) is 0 Å². The maximum atomic E-state index is 13.3. The number of benzene rings is 2. The summed E-state index contributed by atoms with van der Waals surface area (Å²) in [7, 11) is 1.55. The Bertz CT molecular complexity index is 743. The molecule has 2 aromatic rings. The average Bonchev–Trinajstić information content (AvgIpc) is 2.48. The van der Waals surface area contributed by atoms with Crippen LogP contribution in [0.5, 0.6) is 17.2 Å². The molecule has 0 bridgehead atoms. The van der Waals surface area contributed by atoms with E-state index in [1.54, 1.807) is 25.3 Å². The van der Waals surface area contributed by atoms with E-state index < -0.39 is 11.7 Å². The van der Waals surface area contributed by atoms with Crippen LogP contribution in [-0.2, 0) is 6.18 Å². The van der Waals surface area contributed by atoms with Crippen molar-refractivity contribution < 1.29 is 22.6 Å². The van der Waals surface area contributed by atoms with Crippen LogP contribution in [-0.4, -0.2) is 7.11 Å². The second-order valence-corrected chi connectivity index (χ2v) is 7.19. The van der Waals surface area contributed by atoms with E-state index in [4.69, 9.17) is 9.47 Å². The minimum atomic E-state index is -4.53. The number of hydrogen-bond acceptors (Lipinski definition) is 2. The SMILES string of the molecule is COc1ccc(Oc2c(Br)cc(Br)cc2C(F)(F)F)cc1C(C)C. The molecule has 0 aromatic heterocycles. The summed E-state index contributed by atoms with van der Waals surface area (Å²) in [5.74, 6) is 0.848. The Balaban J connectivity index is 2.51. The van der Waals surface area contributed by atoms with Crippen LogP contribution >= 0.6 is 31.9 Å². The summed E-state index contributed by atoms with van der Waals surface area (Å²) in [5, 5.41) is 0. The third kappa shape index (κ3) is 4.25. The van der Waals surface area contributed by atoms with E-state index in [0.717, 1.165) is 11.6 Å². The first kappa shape index (κ1) is 19.1. The molecule has 0 amide bonds. The molecule has 24 heavy (non-hydrogen) atoms. The molecule has 2 rings (SSSR count). The second kappa shape index (κ2) is 7.35. The minimum absolute atomic E-state index is 0.138. The van der Waals surface area contributed by atoms with Crippen LogP contribution in [0.15, 0.2) is 39.3 Å². The lowest BCUT2D eigenvalue weighted by Gasteiger charge is -2.18. The van der Waals surface area contributed by atoms with Crippen LogP contribution in [0.1, 0.15) is 30.9 Å². The van der Waals surface area contributed by atoms with Gasteiger partial charge in [-0.1, -0.05) is 29.8 Å².